The van der Waals surface area contributed by atoms with Crippen LogP contribution in [0.5, 0.6) is 0 Å². The summed E-state index contributed by atoms with van der Waals surface area (Å²) in [6, 6.07) is 9.90. The Morgan fingerprint density at radius 1 is 1.21 bits per heavy atom. The van der Waals surface area contributed by atoms with Gasteiger partial charge in [-0.25, -0.2) is 8.42 Å². The second kappa shape index (κ2) is 7.87. The first-order valence-electron chi connectivity index (χ1n) is 9.51. The number of aromatic nitrogens is 3. The number of rotatable bonds is 7. The molecule has 28 heavy (non-hydrogen) atoms. The highest BCUT2D eigenvalue weighted by Crippen LogP contribution is 2.38. The van der Waals surface area contributed by atoms with E-state index in [1.165, 1.54) is 11.8 Å². The molecule has 0 N–H and O–H groups in total. The smallest absolute Gasteiger partial charge is 0.233 e. The average molecular weight is 421 g/mol. The van der Waals surface area contributed by atoms with Gasteiger partial charge in [0.1, 0.15) is 5.82 Å². The van der Waals surface area contributed by atoms with Crippen molar-refractivity contribution in [2.75, 3.05) is 17.3 Å². The van der Waals surface area contributed by atoms with E-state index in [0.29, 0.717) is 19.0 Å². The minimum atomic E-state index is -3.07. The van der Waals surface area contributed by atoms with Gasteiger partial charge in [0, 0.05) is 18.6 Å². The maximum atomic E-state index is 13.1. The summed E-state index contributed by atoms with van der Waals surface area (Å²) in [5, 5.41) is 9.15. The van der Waals surface area contributed by atoms with Crippen LogP contribution in [0.3, 0.4) is 0 Å². The van der Waals surface area contributed by atoms with E-state index >= 15 is 0 Å². The quantitative estimate of drug-likeness (QED) is 0.639. The van der Waals surface area contributed by atoms with Crippen LogP contribution in [0.1, 0.15) is 36.7 Å². The number of sulfone groups is 1. The van der Waals surface area contributed by atoms with E-state index in [-0.39, 0.29) is 29.2 Å². The predicted octanol–water partition coefficient (Wildman–Crippen LogP) is 2.23. The van der Waals surface area contributed by atoms with E-state index in [4.69, 9.17) is 0 Å². The third-order valence-electron chi connectivity index (χ3n) is 5.24. The molecule has 2 aromatic rings. The third kappa shape index (κ3) is 4.41. The monoisotopic (exact) mass is 420 g/mol. The van der Waals surface area contributed by atoms with Gasteiger partial charge in [0.05, 0.1) is 17.3 Å². The van der Waals surface area contributed by atoms with Crippen LogP contribution in [0.15, 0.2) is 35.5 Å². The molecule has 0 radical (unpaired) electrons. The fraction of sp³-hybridized carbons (Fsp3) is 0.526. The summed E-state index contributed by atoms with van der Waals surface area (Å²) in [5.74, 6) is 1.25. The van der Waals surface area contributed by atoms with Crippen molar-refractivity contribution in [3.8, 4) is 0 Å². The molecule has 1 aliphatic heterocycles. The molecular weight excluding hydrogens is 396 g/mol. The van der Waals surface area contributed by atoms with Gasteiger partial charge in [-0.1, -0.05) is 42.1 Å². The minimum Gasteiger partial charge on any atom is -0.334 e. The zero-order valence-electron chi connectivity index (χ0n) is 15.8. The van der Waals surface area contributed by atoms with Crippen molar-refractivity contribution in [2.24, 2.45) is 0 Å². The van der Waals surface area contributed by atoms with Crippen molar-refractivity contribution < 1.29 is 13.2 Å². The van der Waals surface area contributed by atoms with Crippen LogP contribution in [-0.4, -0.2) is 57.3 Å². The van der Waals surface area contributed by atoms with Gasteiger partial charge in [-0.15, -0.1) is 10.2 Å². The molecule has 4 rings (SSSR count). The summed E-state index contributed by atoms with van der Waals surface area (Å²) in [5.41, 5.74) is 1.00. The summed E-state index contributed by atoms with van der Waals surface area (Å²) >= 11 is 1.39. The Morgan fingerprint density at radius 3 is 2.61 bits per heavy atom. The summed E-state index contributed by atoms with van der Waals surface area (Å²) in [6.45, 7) is 2.36. The van der Waals surface area contributed by atoms with E-state index in [2.05, 4.69) is 14.8 Å². The van der Waals surface area contributed by atoms with Crippen LogP contribution >= 0.6 is 11.8 Å². The molecule has 0 bridgehead atoms. The lowest BCUT2D eigenvalue weighted by Crippen LogP contribution is -2.41. The van der Waals surface area contributed by atoms with Crippen LogP contribution in [0, 0.1) is 6.92 Å². The Kier molecular flexibility index (Phi) is 5.46. The molecule has 0 spiro atoms. The number of hydrogen-bond acceptors (Lipinski definition) is 6. The summed E-state index contributed by atoms with van der Waals surface area (Å²) in [4.78, 5) is 14.8. The second-order valence-corrected chi connectivity index (χ2v) is 10.7. The number of amides is 1. The maximum Gasteiger partial charge on any atom is 0.233 e. The van der Waals surface area contributed by atoms with Gasteiger partial charge in [-0.3, -0.25) is 4.79 Å². The Morgan fingerprint density at radius 2 is 1.96 bits per heavy atom. The van der Waals surface area contributed by atoms with E-state index < -0.39 is 9.84 Å². The first-order valence-corrected chi connectivity index (χ1v) is 12.3. The molecule has 2 fully saturated rings. The molecule has 2 heterocycles. The zero-order valence-corrected chi connectivity index (χ0v) is 17.5. The number of thioether (sulfide) groups is 1. The lowest BCUT2D eigenvalue weighted by molar-refractivity contribution is -0.130. The molecule has 1 aliphatic carbocycles. The van der Waals surface area contributed by atoms with Crippen LogP contribution in [0.2, 0.25) is 0 Å². The van der Waals surface area contributed by atoms with Crippen molar-refractivity contribution >= 4 is 27.5 Å². The number of carbonyl (C=O) groups excluding carboxylic acids is 1. The molecule has 9 heteroatoms. The van der Waals surface area contributed by atoms with Crippen molar-refractivity contribution in [2.45, 2.75) is 50.0 Å². The number of aryl methyl sites for hydroxylation is 1. The summed E-state index contributed by atoms with van der Waals surface area (Å²) in [7, 11) is -3.07. The lowest BCUT2D eigenvalue weighted by atomic mass is 10.1. The highest BCUT2D eigenvalue weighted by molar-refractivity contribution is 7.99. The first-order chi connectivity index (χ1) is 13.4. The van der Waals surface area contributed by atoms with Gasteiger partial charge in [0.15, 0.2) is 15.0 Å². The van der Waals surface area contributed by atoms with Gasteiger partial charge < -0.3 is 9.47 Å². The molecule has 1 atom stereocenters. The topological polar surface area (TPSA) is 85.2 Å². The molecule has 7 nitrogen and oxygen atoms in total. The summed E-state index contributed by atoms with van der Waals surface area (Å²) in [6.07, 6.45) is 2.75. The van der Waals surface area contributed by atoms with Gasteiger partial charge in [-0.05, 0) is 31.7 Å². The highest BCUT2D eigenvalue weighted by atomic mass is 32.2. The van der Waals surface area contributed by atoms with Gasteiger partial charge >= 0.3 is 0 Å². The highest BCUT2D eigenvalue weighted by Gasteiger charge is 2.35. The predicted molar refractivity (Wildman–Crippen MR) is 108 cm³/mol. The van der Waals surface area contributed by atoms with E-state index in [1.807, 2.05) is 37.3 Å². The van der Waals surface area contributed by atoms with Crippen molar-refractivity contribution in [3.63, 3.8) is 0 Å². The first kappa shape index (κ1) is 19.4. The van der Waals surface area contributed by atoms with E-state index in [9.17, 15) is 13.2 Å². The fourth-order valence-electron chi connectivity index (χ4n) is 3.63. The van der Waals surface area contributed by atoms with Crippen LogP contribution < -0.4 is 0 Å². The van der Waals surface area contributed by atoms with Crippen molar-refractivity contribution in [1.29, 1.82) is 0 Å². The summed E-state index contributed by atoms with van der Waals surface area (Å²) < 4.78 is 26.0. The van der Waals surface area contributed by atoms with Crippen LogP contribution in [0.4, 0.5) is 0 Å². The molecule has 150 valence electrons. The molecular formula is C19H24N4O3S2. The molecule has 1 aromatic carbocycles. The fourth-order valence-corrected chi connectivity index (χ4v) is 6.30. The minimum absolute atomic E-state index is 0.0492. The zero-order chi connectivity index (χ0) is 19.7. The molecule has 0 unspecified atom stereocenters. The van der Waals surface area contributed by atoms with Crippen molar-refractivity contribution in [3.05, 3.63) is 41.7 Å². The third-order valence-corrected chi connectivity index (χ3v) is 7.92. The largest absolute Gasteiger partial charge is 0.334 e. The number of hydrogen-bond donors (Lipinski definition) is 0. The van der Waals surface area contributed by atoms with Crippen LogP contribution in [-0.2, 0) is 21.2 Å². The van der Waals surface area contributed by atoms with E-state index in [1.54, 1.807) is 4.90 Å². The van der Waals surface area contributed by atoms with Crippen LogP contribution in [0.25, 0.3) is 0 Å². The van der Waals surface area contributed by atoms with Crippen molar-refractivity contribution in [1.82, 2.24) is 19.7 Å². The molecule has 2 aliphatic rings. The standard InChI is InChI=1S/C19H24N4O3S2/c1-14-20-21-19(23(14)16-7-8-16)27-12-18(24)22(11-15-5-3-2-4-6-15)17-9-10-28(25,26)13-17/h2-6,16-17H,7-13H2,1H3/t17-/m1/s1. The SMILES string of the molecule is Cc1nnc(SCC(=O)N(Cc2ccccc2)[C@@H]2CCS(=O)(=O)C2)n1C1CC1. The number of benzene rings is 1. The maximum absolute atomic E-state index is 13.1. The molecule has 1 saturated carbocycles. The molecule has 1 amide bonds. The Labute approximate surface area is 169 Å². The average Bonchev–Trinajstić information content (AvgIpc) is 3.35. The number of nitrogens with zero attached hydrogens (tertiary/aromatic N) is 4. The van der Waals surface area contributed by atoms with E-state index in [0.717, 1.165) is 29.4 Å². The van der Waals surface area contributed by atoms with Gasteiger partial charge in [0.25, 0.3) is 0 Å². The number of carbonyl (C=O) groups is 1. The molecule has 1 aromatic heterocycles. The van der Waals surface area contributed by atoms with Gasteiger partial charge in [0.2, 0.25) is 5.91 Å². The Bertz CT molecular complexity index is 955. The lowest BCUT2D eigenvalue weighted by Gasteiger charge is -2.28. The molecule has 1 saturated heterocycles. The Hall–Kier alpha value is -1.87. The normalized spacial score (nSPS) is 21.0. The van der Waals surface area contributed by atoms with Gasteiger partial charge in [-0.2, -0.15) is 0 Å². The second-order valence-electron chi connectivity index (χ2n) is 7.48. The Balaban J connectivity index is 1.48.